The number of carbonyl (C=O) groups is 5. The third kappa shape index (κ3) is 11.6. The summed E-state index contributed by atoms with van der Waals surface area (Å²) in [6.45, 7) is 12.9. The number of benzene rings is 1. The molecule has 8 rings (SSSR count). The molecule has 0 aliphatic carbocycles. The highest BCUT2D eigenvalue weighted by Crippen LogP contribution is 2.45. The number of cyclic esters (lactones) is 1. The number of morpholine rings is 1. The number of aromatic nitrogens is 2. The molecule has 1 aromatic carbocycles. The molecule has 4 fully saturated rings. The monoisotopic (exact) mass is 1060 g/mol. The molecule has 0 radical (unpaired) electrons. The van der Waals surface area contributed by atoms with E-state index >= 15 is 0 Å². The van der Waals surface area contributed by atoms with Crippen LogP contribution in [0.2, 0.25) is 0 Å². The summed E-state index contributed by atoms with van der Waals surface area (Å²) in [5.41, 5.74) is 0.724. The van der Waals surface area contributed by atoms with E-state index in [1.165, 1.54) is 11.7 Å². The number of amides is 4. The molecule has 7 heterocycles. The first-order valence-electron chi connectivity index (χ1n) is 26.3. The van der Waals surface area contributed by atoms with Crippen LogP contribution in [-0.4, -0.2) is 173 Å². The zero-order valence-corrected chi connectivity index (χ0v) is 45.4. The summed E-state index contributed by atoms with van der Waals surface area (Å²) in [5.74, 6) is 2.47. The van der Waals surface area contributed by atoms with E-state index in [2.05, 4.69) is 27.6 Å². The Bertz CT molecular complexity index is 2790. The maximum Gasteiger partial charge on any atom is 0.406 e. The van der Waals surface area contributed by atoms with E-state index < -0.39 is 82.8 Å². The number of likely N-dealkylation sites (tertiary alicyclic amines) is 2. The first-order chi connectivity index (χ1) is 35.7. The molecule has 4 saturated heterocycles. The fourth-order valence-corrected chi connectivity index (χ4v) is 11.3. The Hall–Kier alpha value is -5.79. The van der Waals surface area contributed by atoms with Gasteiger partial charge in [-0.15, -0.1) is 0 Å². The largest absolute Gasteiger partial charge is 0.462 e. The fourth-order valence-electron chi connectivity index (χ4n) is 11.3. The number of halogens is 3. The second-order valence-electron chi connectivity index (χ2n) is 23.2. The van der Waals surface area contributed by atoms with Gasteiger partial charge in [-0.1, -0.05) is 33.6 Å². The van der Waals surface area contributed by atoms with Gasteiger partial charge in [0.25, 0.3) is 11.8 Å². The third-order valence-corrected chi connectivity index (χ3v) is 16.0. The summed E-state index contributed by atoms with van der Waals surface area (Å²) in [6, 6.07) is 6.40. The molecule has 18 nitrogen and oxygen atoms in total. The van der Waals surface area contributed by atoms with Crippen molar-refractivity contribution in [2.45, 2.75) is 135 Å². The zero-order valence-electron chi connectivity index (χ0n) is 45.4. The van der Waals surface area contributed by atoms with Crippen LogP contribution >= 0.6 is 0 Å². The number of methoxy groups -OCH3 is 1. The molecule has 3 aromatic rings. The Morgan fingerprint density at radius 1 is 1.05 bits per heavy atom. The number of hydrazine groups is 1. The molecule has 3 N–H and O–H groups in total. The Kier molecular flexibility index (Phi) is 16.0. The lowest BCUT2D eigenvalue weighted by Crippen LogP contribution is -2.67. The van der Waals surface area contributed by atoms with Gasteiger partial charge in [0.15, 0.2) is 0 Å². The van der Waals surface area contributed by atoms with Gasteiger partial charge in [-0.2, -0.15) is 18.6 Å². The minimum atomic E-state index is -4.62. The molecule has 2 aromatic heterocycles. The predicted molar refractivity (Wildman–Crippen MR) is 277 cm³/mol. The van der Waals surface area contributed by atoms with Crippen molar-refractivity contribution in [2.24, 2.45) is 16.7 Å². The van der Waals surface area contributed by atoms with Gasteiger partial charge >= 0.3 is 12.1 Å². The van der Waals surface area contributed by atoms with Gasteiger partial charge in [-0.25, -0.2) is 4.79 Å². The standard InChI is InChI=1S/C55H74F3N9O9/c1-34(2)45(65-24-20-53(49(65)71)19-23-64(31-53)43(68)16-18-52(6,7)62(8)9)47(69)60-41-28-37-30-63(25-26-75-37)36-14-15-42-39(27-36)40(29-51(4,5)33-76-50(72)54(73)17-12-22-67(61-54)48(41)70)46(66(42)32-55(56,57)58)38-13-11-21-59-44(38)35(3)74-10/h11,13-15,21,27,34-35,37,41,45,61,73H,12,17,19-20,22-26,28-33H2,1-10H3,(H,60,69)/t35-,37-,41-,45-,53-,54-/m0/s1. The number of ether oxygens (including phenoxy) is 3. The third-order valence-electron chi connectivity index (χ3n) is 16.0. The summed E-state index contributed by atoms with van der Waals surface area (Å²) in [6.07, 6.45) is -3.39. The van der Waals surface area contributed by atoms with E-state index in [0.29, 0.717) is 65.0 Å². The number of hydrogen-bond acceptors (Lipinski definition) is 13. The highest BCUT2D eigenvalue weighted by atomic mass is 19.4. The maximum absolute atomic E-state index is 14.9. The second-order valence-corrected chi connectivity index (χ2v) is 23.2. The fraction of sp³-hybridized carbons (Fsp3) is 0.636. The molecule has 6 bridgehead atoms. The van der Waals surface area contributed by atoms with Crippen LogP contribution in [0.25, 0.3) is 22.2 Å². The summed E-state index contributed by atoms with van der Waals surface area (Å²) in [4.78, 5) is 83.4. The predicted octanol–water partition coefficient (Wildman–Crippen LogP) is 4.81. The van der Waals surface area contributed by atoms with Gasteiger partial charge < -0.3 is 43.9 Å². The Morgan fingerprint density at radius 3 is 2.49 bits per heavy atom. The molecule has 5 aliphatic rings. The van der Waals surface area contributed by atoms with Crippen LogP contribution in [0.4, 0.5) is 18.9 Å². The molecular weight excluding hydrogens is 988 g/mol. The van der Waals surface area contributed by atoms with E-state index in [-0.39, 0.29) is 76.9 Å². The highest BCUT2D eigenvalue weighted by molar-refractivity contribution is 5.98. The van der Waals surface area contributed by atoms with Gasteiger partial charge in [-0.05, 0) is 108 Å². The second kappa shape index (κ2) is 21.6. The smallest absolute Gasteiger partial charge is 0.406 e. The Morgan fingerprint density at radius 2 is 1.79 bits per heavy atom. The average molecular weight is 1060 g/mol. The van der Waals surface area contributed by atoms with Crippen molar-refractivity contribution in [1.82, 2.24) is 40.0 Å². The number of rotatable bonds is 9. The number of anilines is 1. The van der Waals surface area contributed by atoms with Gasteiger partial charge in [-0.3, -0.25) is 34.1 Å². The first kappa shape index (κ1) is 56.4. The molecule has 21 heteroatoms. The van der Waals surface area contributed by atoms with Crippen molar-refractivity contribution in [1.29, 1.82) is 0 Å². The Labute approximate surface area is 442 Å². The molecule has 0 saturated carbocycles. The molecular formula is C55H74F3N9O9. The summed E-state index contributed by atoms with van der Waals surface area (Å²) >= 11 is 0. The first-order valence-corrected chi connectivity index (χ1v) is 26.3. The highest BCUT2D eigenvalue weighted by Gasteiger charge is 2.55. The van der Waals surface area contributed by atoms with E-state index in [4.69, 9.17) is 14.2 Å². The van der Waals surface area contributed by atoms with Crippen molar-refractivity contribution in [3.8, 4) is 23.1 Å². The van der Waals surface area contributed by atoms with Crippen LogP contribution in [0, 0.1) is 28.6 Å². The number of carbonyl (C=O) groups excluding carboxylic acids is 5. The van der Waals surface area contributed by atoms with Crippen LogP contribution in [0.1, 0.15) is 97.9 Å². The van der Waals surface area contributed by atoms with Crippen LogP contribution in [0.15, 0.2) is 36.5 Å². The molecule has 1 spiro atoms. The number of esters is 1. The van der Waals surface area contributed by atoms with Gasteiger partial charge in [0.2, 0.25) is 17.5 Å². The van der Waals surface area contributed by atoms with Gasteiger partial charge in [0.05, 0.1) is 47.8 Å². The molecule has 76 heavy (non-hydrogen) atoms. The van der Waals surface area contributed by atoms with E-state index in [1.54, 1.807) is 47.2 Å². The SMILES string of the molecule is CO[C@@H](C)c1ncccc1-c1c2c3cc(ccc3n1CC(F)(F)F)N1CCO[C@@H](C[C@H](NC(=O)[C@H](C(C)C)N3CC[C@]4(CCN(C(=O)C#CC(C)(C)N(C)C)C4)C3=O)C(=O)N3CCC[C@@](O)(N3)C(=O)OCC(C)(C)C2)C1. The van der Waals surface area contributed by atoms with Crippen molar-refractivity contribution < 1.29 is 56.5 Å². The number of nitrogens with zero attached hydrogens (tertiary/aromatic N) is 7. The molecule has 4 amide bonds. The van der Waals surface area contributed by atoms with Gasteiger partial charge in [0, 0.05) is 93.0 Å². The number of fused-ring (bicyclic) bond motifs is 6. The Balaban J connectivity index is 1.14. The lowest BCUT2D eigenvalue weighted by Gasteiger charge is -2.41. The topological polar surface area (TPSA) is 191 Å². The van der Waals surface area contributed by atoms with Gasteiger partial charge in [0.1, 0.15) is 18.6 Å². The van der Waals surface area contributed by atoms with E-state index in [9.17, 15) is 42.3 Å². The summed E-state index contributed by atoms with van der Waals surface area (Å²) in [5, 5.41) is 16.6. The minimum absolute atomic E-state index is 0.0649. The number of pyridine rings is 1. The number of alkyl halides is 3. The lowest BCUT2D eigenvalue weighted by atomic mass is 9.84. The van der Waals surface area contributed by atoms with E-state index in [1.807, 2.05) is 71.5 Å². The van der Waals surface area contributed by atoms with Crippen LogP contribution < -0.4 is 15.6 Å². The van der Waals surface area contributed by atoms with Crippen molar-refractivity contribution in [3.05, 3.63) is 47.8 Å². The molecule has 0 unspecified atom stereocenters. The van der Waals surface area contributed by atoms with Crippen LogP contribution in [0.5, 0.6) is 0 Å². The van der Waals surface area contributed by atoms with E-state index in [0.717, 1.165) is 5.01 Å². The van der Waals surface area contributed by atoms with Crippen molar-refractivity contribution in [3.63, 3.8) is 0 Å². The quantitative estimate of drug-likeness (QED) is 0.196. The summed E-state index contributed by atoms with van der Waals surface area (Å²) < 4.78 is 63.5. The summed E-state index contributed by atoms with van der Waals surface area (Å²) in [7, 11) is 5.26. The number of nitrogens with one attached hydrogen (secondary N) is 2. The van der Waals surface area contributed by atoms with Crippen LogP contribution in [0.3, 0.4) is 0 Å². The average Bonchev–Trinajstić information content (AvgIpc) is 4.03. The van der Waals surface area contributed by atoms with Crippen molar-refractivity contribution >= 4 is 46.2 Å². The molecule has 6 atom stereocenters. The minimum Gasteiger partial charge on any atom is -0.462 e. The normalized spacial score (nSPS) is 25.4. The zero-order chi connectivity index (χ0) is 55.3. The maximum atomic E-state index is 14.9. The number of aliphatic hydroxyl groups is 1. The number of hydrogen-bond donors (Lipinski definition) is 3. The van der Waals surface area contributed by atoms with Crippen LogP contribution in [-0.2, 0) is 51.1 Å². The molecule has 5 aliphatic heterocycles. The lowest BCUT2D eigenvalue weighted by molar-refractivity contribution is -0.189. The van der Waals surface area contributed by atoms with Crippen molar-refractivity contribution in [2.75, 3.05) is 78.6 Å². The molecule has 414 valence electrons.